The molecule has 0 aromatic rings. The van der Waals surface area contributed by atoms with Gasteiger partial charge in [-0.25, -0.2) is 9.13 Å². The topological polar surface area (TPSA) is 139 Å². The molecular formula is C21H36Cl2O10P2. The van der Waals surface area contributed by atoms with E-state index < -0.39 is 42.9 Å². The van der Waals surface area contributed by atoms with Crippen LogP contribution in [0.1, 0.15) is 105 Å². The van der Waals surface area contributed by atoms with Crippen molar-refractivity contribution < 1.29 is 46.4 Å². The minimum Gasteiger partial charge on any atom is -0.380 e. The first-order chi connectivity index (χ1) is 16.3. The Kier molecular flexibility index (Phi) is 16.1. The van der Waals surface area contributed by atoms with Gasteiger partial charge in [-0.1, -0.05) is 76.6 Å². The van der Waals surface area contributed by atoms with E-state index in [2.05, 4.69) is 0 Å². The normalized spacial score (nSPS) is 12.1. The van der Waals surface area contributed by atoms with Crippen molar-refractivity contribution in [2.75, 3.05) is 0 Å². The molecule has 0 amide bonds. The number of halogens is 2. The highest BCUT2D eigenvalue weighted by molar-refractivity contribution is 7.81. The molecule has 0 unspecified atom stereocenters. The molecule has 0 aromatic carbocycles. The number of carbonyl (C=O) groups excluding carboxylic acids is 4. The van der Waals surface area contributed by atoms with Crippen LogP contribution in [0.25, 0.3) is 0 Å². The van der Waals surface area contributed by atoms with Gasteiger partial charge in [-0.2, -0.15) is 0 Å². The highest BCUT2D eigenvalue weighted by Gasteiger charge is 2.71. The monoisotopic (exact) mass is 580 g/mol. The van der Waals surface area contributed by atoms with Crippen LogP contribution in [-0.2, 0) is 46.4 Å². The maximum atomic E-state index is 13.7. The second kappa shape index (κ2) is 16.6. The molecule has 0 spiro atoms. The average Bonchev–Trinajstić information content (AvgIpc) is 2.78. The first-order valence-corrected chi connectivity index (χ1v) is 15.6. The zero-order chi connectivity index (χ0) is 27.1. The van der Waals surface area contributed by atoms with Crippen LogP contribution < -0.4 is 0 Å². The molecule has 0 atom stereocenters. The van der Waals surface area contributed by atoms with E-state index in [0.717, 1.165) is 0 Å². The van der Waals surface area contributed by atoms with Gasteiger partial charge in [0.15, 0.2) is 0 Å². The van der Waals surface area contributed by atoms with E-state index in [1.807, 2.05) is 0 Å². The standard InChI is InChI=1S/C21H36Cl2O10P2/c1-5-9-13-17(24)30-34(28,31-18(25)14-10-6-2)21(22,23)35(29,32-19(26)15-11-7-3)33-20(27)16-12-8-4/h5-16H2,1-4H3. The van der Waals surface area contributed by atoms with E-state index in [1.165, 1.54) is 0 Å². The van der Waals surface area contributed by atoms with Crippen LogP contribution in [0.15, 0.2) is 0 Å². The molecule has 0 heterocycles. The molecule has 0 aliphatic carbocycles. The molecule has 0 N–H and O–H groups in total. The van der Waals surface area contributed by atoms with Crippen molar-refractivity contribution in [3.63, 3.8) is 0 Å². The van der Waals surface area contributed by atoms with E-state index in [1.54, 1.807) is 27.7 Å². The van der Waals surface area contributed by atoms with Crippen LogP contribution in [0.4, 0.5) is 0 Å². The van der Waals surface area contributed by atoms with Crippen LogP contribution in [0.2, 0.25) is 0 Å². The highest BCUT2D eigenvalue weighted by atomic mass is 35.5. The Bertz CT molecular complexity index is 700. The average molecular weight is 581 g/mol. The summed E-state index contributed by atoms with van der Waals surface area (Å²) in [6.07, 6.45) is 2.65. The molecule has 0 bridgehead atoms. The summed E-state index contributed by atoms with van der Waals surface area (Å²) < 4.78 is 43.6. The van der Waals surface area contributed by atoms with Gasteiger partial charge in [0, 0.05) is 25.7 Å². The van der Waals surface area contributed by atoms with Crippen molar-refractivity contribution in [3.8, 4) is 0 Å². The molecule has 14 heteroatoms. The molecule has 10 nitrogen and oxygen atoms in total. The summed E-state index contributed by atoms with van der Waals surface area (Å²) in [6.45, 7) is 7.13. The van der Waals surface area contributed by atoms with Crippen molar-refractivity contribution in [2.24, 2.45) is 0 Å². The van der Waals surface area contributed by atoms with E-state index >= 15 is 0 Å². The van der Waals surface area contributed by atoms with Gasteiger partial charge in [-0.05, 0) is 25.7 Å². The Hall–Kier alpha value is -1.08. The molecule has 204 valence electrons. The molecule has 0 rings (SSSR count). The number of rotatable bonds is 18. The molecule has 0 saturated carbocycles. The Balaban J connectivity index is 6.39. The van der Waals surface area contributed by atoms with Crippen LogP contribution >= 0.6 is 38.4 Å². The minimum atomic E-state index is -5.39. The molecule has 0 saturated heterocycles. The predicted molar refractivity (Wildman–Crippen MR) is 132 cm³/mol. The van der Waals surface area contributed by atoms with E-state index in [-0.39, 0.29) is 25.7 Å². The van der Waals surface area contributed by atoms with Gasteiger partial charge >= 0.3 is 42.9 Å². The largest absolute Gasteiger partial charge is 0.486 e. The van der Waals surface area contributed by atoms with Gasteiger partial charge in [0.05, 0.1) is 0 Å². The number of carbonyl (C=O) groups is 4. The Morgan fingerprint density at radius 3 is 0.914 bits per heavy atom. The Labute approximate surface area is 217 Å². The maximum absolute atomic E-state index is 13.7. The maximum Gasteiger partial charge on any atom is 0.486 e. The second-order valence-corrected chi connectivity index (χ2v) is 14.6. The van der Waals surface area contributed by atoms with Gasteiger partial charge in [0.2, 0.25) is 0 Å². The third-order valence-corrected chi connectivity index (χ3v) is 11.5. The summed E-state index contributed by atoms with van der Waals surface area (Å²) in [5.74, 6) is -4.42. The smallest absolute Gasteiger partial charge is 0.380 e. The lowest BCUT2D eigenvalue weighted by Crippen LogP contribution is -2.26. The Morgan fingerprint density at radius 1 is 0.543 bits per heavy atom. The number of unbranched alkanes of at least 4 members (excludes halogenated alkanes) is 4. The number of hydrogen-bond donors (Lipinski definition) is 0. The third kappa shape index (κ3) is 11.2. The highest BCUT2D eigenvalue weighted by Crippen LogP contribution is 2.82. The van der Waals surface area contributed by atoms with E-state index in [4.69, 9.17) is 41.3 Å². The lowest BCUT2D eigenvalue weighted by Gasteiger charge is -2.31. The van der Waals surface area contributed by atoms with Crippen molar-refractivity contribution in [1.82, 2.24) is 0 Å². The number of hydrogen-bond acceptors (Lipinski definition) is 10. The van der Waals surface area contributed by atoms with Crippen molar-refractivity contribution >= 4 is 62.3 Å². The third-order valence-electron chi connectivity index (χ3n) is 4.48. The first kappa shape index (κ1) is 33.9. The molecular weight excluding hydrogens is 545 g/mol. The van der Waals surface area contributed by atoms with Crippen LogP contribution in [-0.4, -0.2) is 27.7 Å². The van der Waals surface area contributed by atoms with Crippen molar-refractivity contribution in [2.45, 2.75) is 109 Å². The zero-order valence-electron chi connectivity index (χ0n) is 20.7. The summed E-state index contributed by atoms with van der Waals surface area (Å²) >= 11 is 12.4. The molecule has 0 aliphatic rings. The van der Waals surface area contributed by atoms with Gasteiger partial charge in [-0.15, -0.1) is 0 Å². The summed E-state index contributed by atoms with van der Waals surface area (Å²) in [6, 6.07) is 0. The van der Waals surface area contributed by atoms with Crippen LogP contribution in [0.3, 0.4) is 0 Å². The molecule has 35 heavy (non-hydrogen) atoms. The second-order valence-electron chi connectivity index (χ2n) is 7.77. The lowest BCUT2D eigenvalue weighted by molar-refractivity contribution is -0.140. The fraction of sp³-hybridized carbons (Fsp3) is 0.810. The molecule has 0 radical (unpaired) electrons. The quantitative estimate of drug-likeness (QED) is 0.119. The van der Waals surface area contributed by atoms with Crippen LogP contribution in [0, 0.1) is 0 Å². The van der Waals surface area contributed by atoms with E-state index in [0.29, 0.717) is 51.4 Å². The SMILES string of the molecule is CCCCC(=O)OP(=O)(OC(=O)CCCC)C(Cl)(Cl)P(=O)(OC(=O)CCCC)OC(=O)CCCC. The van der Waals surface area contributed by atoms with Crippen molar-refractivity contribution in [3.05, 3.63) is 0 Å². The molecule has 0 aliphatic heterocycles. The number of alkyl halides is 2. The fourth-order valence-electron chi connectivity index (χ4n) is 2.41. The van der Waals surface area contributed by atoms with E-state index in [9.17, 15) is 28.3 Å². The molecule has 0 fully saturated rings. The first-order valence-electron chi connectivity index (χ1n) is 11.8. The summed E-state index contributed by atoms with van der Waals surface area (Å²) in [5.41, 5.74) is 0. The lowest BCUT2D eigenvalue weighted by atomic mass is 10.3. The summed E-state index contributed by atoms with van der Waals surface area (Å²) in [4.78, 5) is 49.2. The van der Waals surface area contributed by atoms with Gasteiger partial charge in [0.1, 0.15) is 0 Å². The van der Waals surface area contributed by atoms with Gasteiger partial charge in [0.25, 0.3) is 0 Å². The zero-order valence-corrected chi connectivity index (χ0v) is 24.0. The minimum absolute atomic E-state index is 0.242. The van der Waals surface area contributed by atoms with Crippen LogP contribution in [0.5, 0.6) is 0 Å². The Morgan fingerprint density at radius 2 is 0.743 bits per heavy atom. The van der Waals surface area contributed by atoms with Gasteiger partial charge in [-0.3, -0.25) is 19.2 Å². The van der Waals surface area contributed by atoms with Gasteiger partial charge < -0.3 is 18.1 Å². The van der Waals surface area contributed by atoms with Crippen molar-refractivity contribution in [1.29, 1.82) is 0 Å². The summed E-state index contributed by atoms with van der Waals surface area (Å²) in [5, 5.41) is 0. The fourth-order valence-corrected chi connectivity index (χ4v) is 6.88. The predicted octanol–water partition coefficient (Wildman–Crippen LogP) is 7.40. The molecule has 0 aromatic heterocycles. The summed E-state index contributed by atoms with van der Waals surface area (Å²) in [7, 11) is -10.8.